The highest BCUT2D eigenvalue weighted by Crippen LogP contribution is 2.28. The number of aromatic nitrogens is 1. The number of carbonyl (C=O) groups excluding carboxylic acids is 1. The van der Waals surface area contributed by atoms with Crippen molar-refractivity contribution >= 4 is 56.4 Å². The van der Waals surface area contributed by atoms with Gasteiger partial charge in [-0.3, -0.25) is 9.79 Å². The van der Waals surface area contributed by atoms with Gasteiger partial charge in [-0.1, -0.05) is 53.9 Å². The van der Waals surface area contributed by atoms with Crippen LogP contribution in [0.3, 0.4) is 0 Å². The largest absolute Gasteiger partial charge is 0.478 e. The van der Waals surface area contributed by atoms with E-state index in [1.165, 1.54) is 11.8 Å². The van der Waals surface area contributed by atoms with Crippen molar-refractivity contribution in [3.05, 3.63) is 60.2 Å². The second-order valence-electron chi connectivity index (χ2n) is 6.70. The molecular formula is C22H19N3O3S2. The van der Waals surface area contributed by atoms with Crippen molar-refractivity contribution in [3.63, 3.8) is 0 Å². The third kappa shape index (κ3) is 4.49. The predicted octanol–water partition coefficient (Wildman–Crippen LogP) is 4.76. The molecule has 1 aromatic heterocycles. The van der Waals surface area contributed by atoms with Crippen LogP contribution in [0, 0.1) is 0 Å². The van der Waals surface area contributed by atoms with Crippen LogP contribution in [-0.2, 0) is 4.79 Å². The number of carboxylic acid groups (broad SMARTS) is 1. The van der Waals surface area contributed by atoms with Crippen LogP contribution >= 0.6 is 23.5 Å². The maximum Gasteiger partial charge on any atom is 0.336 e. The summed E-state index contributed by atoms with van der Waals surface area (Å²) >= 11 is 3.16. The van der Waals surface area contributed by atoms with E-state index in [9.17, 15) is 14.7 Å². The van der Waals surface area contributed by atoms with Gasteiger partial charge in [-0.05, 0) is 31.2 Å². The van der Waals surface area contributed by atoms with Crippen molar-refractivity contribution in [3.8, 4) is 11.3 Å². The lowest BCUT2D eigenvalue weighted by atomic mass is 10.0. The molecule has 30 heavy (non-hydrogen) atoms. The number of aromatic carboxylic acids is 1. The Balaban J connectivity index is 1.52. The number of carbonyl (C=O) groups is 2. The fourth-order valence-electron chi connectivity index (χ4n) is 3.06. The van der Waals surface area contributed by atoms with Crippen molar-refractivity contribution < 1.29 is 14.7 Å². The molecule has 0 radical (unpaired) electrons. The number of nitrogens with zero attached hydrogens (tertiary/aromatic N) is 2. The second-order valence-corrected chi connectivity index (χ2v) is 9.37. The summed E-state index contributed by atoms with van der Waals surface area (Å²) in [5.41, 5.74) is 2.87. The Morgan fingerprint density at radius 2 is 1.93 bits per heavy atom. The fourth-order valence-corrected chi connectivity index (χ4v) is 5.19. The number of aliphatic imine (C=N–C) groups is 1. The lowest BCUT2D eigenvalue weighted by Gasteiger charge is -2.12. The molecular weight excluding hydrogens is 418 g/mol. The van der Waals surface area contributed by atoms with E-state index in [0.717, 1.165) is 22.2 Å². The molecule has 2 aromatic carbocycles. The van der Waals surface area contributed by atoms with E-state index in [-0.39, 0.29) is 16.7 Å². The SMILES string of the molecule is CC(SC1=NCCS1)C(=O)Nc1ccc(-c2cc(C(=O)O)c3ccccc3n2)cc1. The van der Waals surface area contributed by atoms with Crippen molar-refractivity contribution in [2.75, 3.05) is 17.6 Å². The highest BCUT2D eigenvalue weighted by atomic mass is 32.2. The predicted molar refractivity (Wildman–Crippen MR) is 125 cm³/mol. The molecule has 1 atom stereocenters. The molecule has 152 valence electrons. The number of anilines is 1. The van der Waals surface area contributed by atoms with Gasteiger partial charge in [0.1, 0.15) is 4.38 Å². The molecule has 0 saturated carbocycles. The van der Waals surface area contributed by atoms with Crippen LogP contribution in [0.5, 0.6) is 0 Å². The molecule has 1 aliphatic heterocycles. The number of amides is 1. The lowest BCUT2D eigenvalue weighted by Crippen LogP contribution is -2.23. The van der Waals surface area contributed by atoms with E-state index in [4.69, 9.17) is 0 Å². The monoisotopic (exact) mass is 437 g/mol. The number of benzene rings is 2. The third-order valence-electron chi connectivity index (χ3n) is 4.60. The number of fused-ring (bicyclic) bond motifs is 1. The van der Waals surface area contributed by atoms with Crippen LogP contribution in [0.15, 0.2) is 59.6 Å². The quantitative estimate of drug-likeness (QED) is 0.598. The molecule has 0 spiro atoms. The fraction of sp³-hybridized carbons (Fsp3) is 0.182. The maximum atomic E-state index is 12.4. The molecule has 3 aromatic rings. The number of thioether (sulfide) groups is 2. The first kappa shape index (κ1) is 20.4. The average molecular weight is 438 g/mol. The zero-order valence-electron chi connectivity index (χ0n) is 16.2. The molecule has 0 fully saturated rings. The first-order valence-corrected chi connectivity index (χ1v) is 11.3. The maximum absolute atomic E-state index is 12.4. The van der Waals surface area contributed by atoms with Gasteiger partial charge in [0.2, 0.25) is 5.91 Å². The molecule has 4 rings (SSSR count). The standard InChI is InChI=1S/C22H19N3O3S2/c1-13(30-22-23-10-11-29-22)20(26)24-15-8-6-14(7-9-15)19-12-17(21(27)28)16-4-2-3-5-18(16)25-19/h2-9,12-13H,10-11H2,1H3,(H,24,26)(H,27,28). The lowest BCUT2D eigenvalue weighted by molar-refractivity contribution is -0.115. The van der Waals surface area contributed by atoms with Crippen molar-refractivity contribution in [2.45, 2.75) is 12.2 Å². The van der Waals surface area contributed by atoms with Crippen LogP contribution in [0.4, 0.5) is 5.69 Å². The van der Waals surface area contributed by atoms with Crippen molar-refractivity contribution in [1.29, 1.82) is 0 Å². The van der Waals surface area contributed by atoms with Gasteiger partial charge in [-0.25, -0.2) is 9.78 Å². The van der Waals surface area contributed by atoms with Gasteiger partial charge in [0, 0.05) is 22.4 Å². The van der Waals surface area contributed by atoms with Gasteiger partial charge < -0.3 is 10.4 Å². The first-order chi connectivity index (χ1) is 14.5. The zero-order chi connectivity index (χ0) is 21.1. The number of hydrogen-bond acceptors (Lipinski definition) is 6. The van der Waals surface area contributed by atoms with Crippen LogP contribution in [-0.4, -0.2) is 43.9 Å². The molecule has 1 amide bonds. The summed E-state index contributed by atoms with van der Waals surface area (Å²) in [6.07, 6.45) is 0. The van der Waals surface area contributed by atoms with Gasteiger partial charge in [-0.15, -0.1) is 0 Å². The number of rotatable bonds is 5. The summed E-state index contributed by atoms with van der Waals surface area (Å²) in [4.78, 5) is 33.1. The van der Waals surface area contributed by atoms with Crippen LogP contribution in [0.2, 0.25) is 0 Å². The van der Waals surface area contributed by atoms with Gasteiger partial charge in [0.05, 0.1) is 28.6 Å². The highest BCUT2D eigenvalue weighted by molar-refractivity contribution is 8.39. The van der Waals surface area contributed by atoms with E-state index in [1.54, 1.807) is 48.2 Å². The molecule has 8 heteroatoms. The first-order valence-electron chi connectivity index (χ1n) is 9.39. The minimum Gasteiger partial charge on any atom is -0.478 e. The number of hydrogen-bond donors (Lipinski definition) is 2. The van der Waals surface area contributed by atoms with Crippen molar-refractivity contribution in [2.24, 2.45) is 4.99 Å². The molecule has 0 aliphatic carbocycles. The van der Waals surface area contributed by atoms with E-state index >= 15 is 0 Å². The van der Waals surface area contributed by atoms with Crippen LogP contribution in [0.25, 0.3) is 22.2 Å². The summed E-state index contributed by atoms with van der Waals surface area (Å²) in [6, 6.07) is 16.0. The van der Waals surface area contributed by atoms with Gasteiger partial charge in [0.25, 0.3) is 0 Å². The van der Waals surface area contributed by atoms with E-state index in [1.807, 2.05) is 25.1 Å². The van der Waals surface area contributed by atoms with Crippen molar-refractivity contribution in [1.82, 2.24) is 4.98 Å². The number of para-hydroxylation sites is 1. The Morgan fingerprint density at radius 1 is 1.17 bits per heavy atom. The number of pyridine rings is 1. The molecule has 6 nitrogen and oxygen atoms in total. The summed E-state index contributed by atoms with van der Waals surface area (Å²) in [6.45, 7) is 2.68. The smallest absolute Gasteiger partial charge is 0.336 e. The van der Waals surface area contributed by atoms with Gasteiger partial charge in [0.15, 0.2) is 0 Å². The highest BCUT2D eigenvalue weighted by Gasteiger charge is 2.19. The average Bonchev–Trinajstić information content (AvgIpc) is 3.26. The molecule has 2 heterocycles. The Kier molecular flexibility index (Phi) is 6.06. The summed E-state index contributed by atoms with van der Waals surface area (Å²) in [5, 5.41) is 12.8. The van der Waals surface area contributed by atoms with E-state index < -0.39 is 5.97 Å². The number of carboxylic acids is 1. The summed E-state index contributed by atoms with van der Waals surface area (Å²) in [5.74, 6) is -0.0972. The topological polar surface area (TPSA) is 91.7 Å². The minimum atomic E-state index is -0.991. The minimum absolute atomic E-state index is 0.0834. The van der Waals surface area contributed by atoms with Crippen LogP contribution in [0.1, 0.15) is 17.3 Å². The second kappa shape index (κ2) is 8.89. The third-order valence-corrected chi connectivity index (χ3v) is 6.90. The molecule has 1 unspecified atom stereocenters. The summed E-state index contributed by atoms with van der Waals surface area (Å²) < 4.78 is 0.963. The molecule has 0 bridgehead atoms. The summed E-state index contributed by atoms with van der Waals surface area (Å²) in [7, 11) is 0. The van der Waals surface area contributed by atoms with E-state index in [2.05, 4.69) is 15.3 Å². The Labute approximate surface area is 182 Å². The Morgan fingerprint density at radius 3 is 2.63 bits per heavy atom. The Bertz CT molecular complexity index is 1150. The molecule has 2 N–H and O–H groups in total. The molecule has 0 saturated heterocycles. The number of nitrogens with one attached hydrogen (secondary N) is 1. The van der Waals surface area contributed by atoms with E-state index in [0.29, 0.717) is 22.3 Å². The molecule has 1 aliphatic rings. The normalized spacial score (nSPS) is 14.4. The van der Waals surface area contributed by atoms with Gasteiger partial charge >= 0.3 is 5.97 Å². The van der Waals surface area contributed by atoms with Crippen LogP contribution < -0.4 is 5.32 Å². The van der Waals surface area contributed by atoms with Gasteiger partial charge in [-0.2, -0.15) is 0 Å². The zero-order valence-corrected chi connectivity index (χ0v) is 17.8. The Hall–Kier alpha value is -2.84.